The van der Waals surface area contributed by atoms with Crippen LogP contribution in [0.3, 0.4) is 0 Å². The molecule has 1 N–H and O–H groups in total. The Labute approximate surface area is 119 Å². The summed E-state index contributed by atoms with van der Waals surface area (Å²) < 4.78 is 1.94. The second-order valence-electron chi connectivity index (χ2n) is 5.80. The SMILES string of the molecule is C1=CC2C(C1)CC2NCc1ccccc1-n1cccn1. The number of hydrogen-bond acceptors (Lipinski definition) is 2. The van der Waals surface area contributed by atoms with Crippen LogP contribution in [0.4, 0.5) is 0 Å². The van der Waals surface area contributed by atoms with Crippen molar-refractivity contribution < 1.29 is 0 Å². The van der Waals surface area contributed by atoms with Gasteiger partial charge in [0.2, 0.25) is 0 Å². The van der Waals surface area contributed by atoms with E-state index in [0.717, 1.165) is 18.4 Å². The first kappa shape index (κ1) is 11.9. The maximum absolute atomic E-state index is 4.34. The van der Waals surface area contributed by atoms with E-state index in [2.05, 4.69) is 46.8 Å². The van der Waals surface area contributed by atoms with Gasteiger partial charge in [-0.3, -0.25) is 0 Å². The summed E-state index contributed by atoms with van der Waals surface area (Å²) in [5.41, 5.74) is 2.48. The van der Waals surface area contributed by atoms with E-state index in [4.69, 9.17) is 0 Å². The van der Waals surface area contributed by atoms with Gasteiger partial charge in [0.15, 0.2) is 0 Å². The van der Waals surface area contributed by atoms with Crippen molar-refractivity contribution in [2.24, 2.45) is 11.8 Å². The molecule has 3 heteroatoms. The van der Waals surface area contributed by atoms with Crippen molar-refractivity contribution in [1.29, 1.82) is 0 Å². The van der Waals surface area contributed by atoms with Crippen molar-refractivity contribution in [3.63, 3.8) is 0 Å². The van der Waals surface area contributed by atoms with Crippen LogP contribution in [0.5, 0.6) is 0 Å². The molecule has 3 atom stereocenters. The number of nitrogens with one attached hydrogen (secondary N) is 1. The minimum absolute atomic E-state index is 0.657. The number of rotatable bonds is 4. The Morgan fingerprint density at radius 1 is 1.25 bits per heavy atom. The van der Waals surface area contributed by atoms with Crippen LogP contribution in [-0.4, -0.2) is 15.8 Å². The number of aromatic nitrogens is 2. The van der Waals surface area contributed by atoms with Crippen LogP contribution in [-0.2, 0) is 6.54 Å². The molecule has 3 nitrogen and oxygen atoms in total. The summed E-state index contributed by atoms with van der Waals surface area (Å²) in [5, 5.41) is 8.06. The van der Waals surface area contributed by atoms with Crippen molar-refractivity contribution in [1.82, 2.24) is 15.1 Å². The Balaban J connectivity index is 1.48. The number of hydrogen-bond donors (Lipinski definition) is 1. The van der Waals surface area contributed by atoms with Crippen LogP contribution in [0, 0.1) is 11.8 Å². The monoisotopic (exact) mass is 265 g/mol. The van der Waals surface area contributed by atoms with E-state index in [1.54, 1.807) is 0 Å². The van der Waals surface area contributed by atoms with Gasteiger partial charge in [-0.05, 0) is 42.4 Å². The summed E-state index contributed by atoms with van der Waals surface area (Å²) in [6, 6.07) is 11.1. The molecular weight excluding hydrogens is 246 g/mol. The number of para-hydroxylation sites is 1. The Hall–Kier alpha value is -1.87. The standard InChI is InChI=1S/C17H19N3/c1-2-8-17(20-10-4-9-19-20)14(5-1)12-18-16-11-13-6-3-7-15(13)16/h1-5,7-10,13,15-16,18H,6,11-12H2. The third-order valence-corrected chi connectivity index (χ3v) is 4.66. The Kier molecular flexibility index (Phi) is 2.92. The molecule has 2 aliphatic carbocycles. The number of allylic oxidation sites excluding steroid dienone is 1. The van der Waals surface area contributed by atoms with Gasteiger partial charge in [-0.15, -0.1) is 0 Å². The fraction of sp³-hybridized carbons (Fsp3) is 0.353. The number of benzene rings is 1. The lowest BCUT2D eigenvalue weighted by Gasteiger charge is -2.41. The Morgan fingerprint density at radius 2 is 2.20 bits per heavy atom. The zero-order chi connectivity index (χ0) is 13.4. The molecule has 0 amide bonds. The van der Waals surface area contributed by atoms with Gasteiger partial charge in [0, 0.05) is 25.0 Å². The van der Waals surface area contributed by atoms with Crippen LogP contribution in [0.25, 0.3) is 5.69 Å². The normalized spacial score (nSPS) is 27.3. The molecule has 0 aliphatic heterocycles. The molecule has 20 heavy (non-hydrogen) atoms. The summed E-state index contributed by atoms with van der Waals surface area (Å²) in [6.07, 6.45) is 11.2. The topological polar surface area (TPSA) is 29.9 Å². The lowest BCUT2D eigenvalue weighted by molar-refractivity contribution is 0.162. The van der Waals surface area contributed by atoms with Gasteiger partial charge in [-0.1, -0.05) is 30.4 Å². The smallest absolute Gasteiger partial charge is 0.0690 e. The predicted molar refractivity (Wildman–Crippen MR) is 79.5 cm³/mol. The second kappa shape index (κ2) is 4.91. The maximum Gasteiger partial charge on any atom is 0.0690 e. The molecular formula is C17H19N3. The summed E-state index contributed by atoms with van der Waals surface area (Å²) in [4.78, 5) is 0. The first-order valence-corrected chi connectivity index (χ1v) is 7.40. The van der Waals surface area contributed by atoms with E-state index in [-0.39, 0.29) is 0 Å². The summed E-state index contributed by atoms with van der Waals surface area (Å²) in [7, 11) is 0. The van der Waals surface area contributed by atoms with Crippen molar-refractivity contribution in [3.8, 4) is 5.69 Å². The molecule has 4 rings (SSSR count). The molecule has 2 aromatic rings. The van der Waals surface area contributed by atoms with Gasteiger partial charge < -0.3 is 5.32 Å². The largest absolute Gasteiger partial charge is 0.309 e. The molecule has 2 aliphatic rings. The Bertz CT molecular complexity index is 615. The van der Waals surface area contributed by atoms with Crippen molar-refractivity contribution >= 4 is 0 Å². The van der Waals surface area contributed by atoms with E-state index in [0.29, 0.717) is 6.04 Å². The van der Waals surface area contributed by atoms with Crippen LogP contribution in [0.15, 0.2) is 54.9 Å². The first-order chi connectivity index (χ1) is 9.92. The number of fused-ring (bicyclic) bond motifs is 1. The van der Waals surface area contributed by atoms with Gasteiger partial charge in [0.05, 0.1) is 5.69 Å². The van der Waals surface area contributed by atoms with Crippen LogP contribution in [0.2, 0.25) is 0 Å². The molecule has 3 unspecified atom stereocenters. The van der Waals surface area contributed by atoms with E-state index < -0.39 is 0 Å². The fourth-order valence-electron chi connectivity index (χ4n) is 3.48. The molecule has 0 bridgehead atoms. The zero-order valence-corrected chi connectivity index (χ0v) is 11.4. The summed E-state index contributed by atoms with van der Waals surface area (Å²) in [5.74, 6) is 1.68. The molecule has 0 spiro atoms. The second-order valence-corrected chi connectivity index (χ2v) is 5.80. The number of nitrogens with zero attached hydrogens (tertiary/aromatic N) is 2. The zero-order valence-electron chi connectivity index (χ0n) is 11.4. The summed E-state index contributed by atoms with van der Waals surface area (Å²) >= 11 is 0. The third kappa shape index (κ3) is 1.98. The minimum atomic E-state index is 0.657. The van der Waals surface area contributed by atoms with Gasteiger partial charge in [-0.2, -0.15) is 5.10 Å². The summed E-state index contributed by atoms with van der Waals surface area (Å²) in [6.45, 7) is 0.914. The molecule has 1 aromatic heterocycles. The predicted octanol–water partition coefficient (Wildman–Crippen LogP) is 2.93. The van der Waals surface area contributed by atoms with Crippen LogP contribution in [0.1, 0.15) is 18.4 Å². The molecule has 1 fully saturated rings. The van der Waals surface area contributed by atoms with Crippen molar-refractivity contribution in [3.05, 3.63) is 60.4 Å². The van der Waals surface area contributed by atoms with E-state index >= 15 is 0 Å². The lowest BCUT2D eigenvalue weighted by Crippen LogP contribution is -2.47. The van der Waals surface area contributed by atoms with Gasteiger partial charge >= 0.3 is 0 Å². The molecule has 102 valence electrons. The molecule has 0 radical (unpaired) electrons. The van der Waals surface area contributed by atoms with E-state index in [9.17, 15) is 0 Å². The van der Waals surface area contributed by atoms with Crippen molar-refractivity contribution in [2.75, 3.05) is 0 Å². The Morgan fingerprint density at radius 3 is 3.05 bits per heavy atom. The quantitative estimate of drug-likeness (QED) is 0.861. The lowest BCUT2D eigenvalue weighted by atomic mass is 9.71. The highest BCUT2D eigenvalue weighted by Crippen LogP contribution is 2.42. The molecule has 1 saturated carbocycles. The van der Waals surface area contributed by atoms with E-state index in [1.165, 1.54) is 24.1 Å². The molecule has 0 saturated heterocycles. The van der Waals surface area contributed by atoms with Gasteiger partial charge in [0.1, 0.15) is 0 Å². The van der Waals surface area contributed by atoms with Crippen molar-refractivity contribution in [2.45, 2.75) is 25.4 Å². The average molecular weight is 265 g/mol. The molecule has 1 aromatic carbocycles. The maximum atomic E-state index is 4.34. The van der Waals surface area contributed by atoms with Gasteiger partial charge in [-0.25, -0.2) is 4.68 Å². The fourth-order valence-corrected chi connectivity index (χ4v) is 3.48. The highest BCUT2D eigenvalue weighted by Gasteiger charge is 2.40. The molecule has 1 heterocycles. The average Bonchev–Trinajstić information content (AvgIpc) is 3.10. The minimum Gasteiger partial charge on any atom is -0.309 e. The van der Waals surface area contributed by atoms with Crippen LogP contribution < -0.4 is 5.32 Å². The highest BCUT2D eigenvalue weighted by molar-refractivity contribution is 5.40. The van der Waals surface area contributed by atoms with Gasteiger partial charge in [0.25, 0.3) is 0 Å². The first-order valence-electron chi connectivity index (χ1n) is 7.40. The van der Waals surface area contributed by atoms with E-state index in [1.807, 2.05) is 23.1 Å². The third-order valence-electron chi connectivity index (χ3n) is 4.66. The van der Waals surface area contributed by atoms with Crippen LogP contribution >= 0.6 is 0 Å². The highest BCUT2D eigenvalue weighted by atomic mass is 15.3.